The first-order valence-corrected chi connectivity index (χ1v) is 7.19. The monoisotopic (exact) mass is 327 g/mol. The predicted molar refractivity (Wildman–Crippen MR) is 77.4 cm³/mol. The van der Waals surface area contributed by atoms with Crippen LogP contribution in [-0.4, -0.2) is 48.6 Å². The van der Waals surface area contributed by atoms with Gasteiger partial charge < -0.3 is 15.0 Å². The van der Waals surface area contributed by atoms with Gasteiger partial charge in [0.1, 0.15) is 5.82 Å². The van der Waals surface area contributed by atoms with Crippen molar-refractivity contribution in [2.45, 2.75) is 19.4 Å². The van der Waals surface area contributed by atoms with Gasteiger partial charge in [0.2, 0.25) is 0 Å². The smallest absolute Gasteiger partial charge is 0.257 e. The van der Waals surface area contributed by atoms with Gasteiger partial charge in [-0.15, -0.1) is 0 Å². The molecule has 1 amide bonds. The molecule has 1 aromatic rings. The fourth-order valence-corrected chi connectivity index (χ4v) is 2.45. The summed E-state index contributed by atoms with van der Waals surface area (Å²) in [4.78, 5) is 18.6. The molecule has 1 fully saturated rings. The number of anilines is 1. The van der Waals surface area contributed by atoms with Gasteiger partial charge in [-0.1, -0.05) is 6.92 Å². The quantitative estimate of drug-likeness (QED) is 0.924. The van der Waals surface area contributed by atoms with Crippen LogP contribution in [0.15, 0.2) is 16.7 Å². The number of halogens is 1. The molecule has 5 nitrogen and oxygen atoms in total. The van der Waals surface area contributed by atoms with Crippen LogP contribution in [-0.2, 0) is 4.74 Å². The normalized spacial score (nSPS) is 19.3. The van der Waals surface area contributed by atoms with E-state index in [1.54, 1.807) is 19.3 Å². The molecule has 104 valence electrons. The molecule has 1 aliphatic rings. The maximum Gasteiger partial charge on any atom is 0.257 e. The maximum absolute atomic E-state index is 12.6. The summed E-state index contributed by atoms with van der Waals surface area (Å²) in [5.74, 6) is 0.604. The van der Waals surface area contributed by atoms with Crippen molar-refractivity contribution in [2.75, 3.05) is 32.1 Å². The van der Waals surface area contributed by atoms with Crippen LogP contribution in [0.4, 0.5) is 5.82 Å². The molecule has 1 N–H and O–H groups in total. The Kier molecular flexibility index (Phi) is 4.76. The van der Waals surface area contributed by atoms with Gasteiger partial charge in [-0.25, -0.2) is 4.98 Å². The summed E-state index contributed by atoms with van der Waals surface area (Å²) in [5.41, 5.74) is 0.591. The first-order valence-electron chi connectivity index (χ1n) is 6.39. The summed E-state index contributed by atoms with van der Waals surface area (Å²) in [7, 11) is 1.77. The molecular weight excluding hydrogens is 310 g/mol. The molecule has 0 aromatic carbocycles. The van der Waals surface area contributed by atoms with E-state index in [0.29, 0.717) is 31.1 Å². The van der Waals surface area contributed by atoms with Crippen LogP contribution in [0, 0.1) is 0 Å². The lowest BCUT2D eigenvalue weighted by atomic mass is 10.1. The van der Waals surface area contributed by atoms with Crippen molar-refractivity contribution in [2.24, 2.45) is 0 Å². The maximum atomic E-state index is 12.6. The SMILES string of the molecule is CCC1CN(C(=O)c2cc(Br)cnc2NC)CCO1. The topological polar surface area (TPSA) is 54.5 Å². The molecule has 1 unspecified atom stereocenters. The van der Waals surface area contributed by atoms with Gasteiger partial charge in [0, 0.05) is 30.8 Å². The number of aromatic nitrogens is 1. The number of morpholine rings is 1. The first kappa shape index (κ1) is 14.3. The number of ether oxygens (including phenoxy) is 1. The van der Waals surface area contributed by atoms with Crippen molar-refractivity contribution >= 4 is 27.7 Å². The number of hydrogen-bond donors (Lipinski definition) is 1. The second-order valence-corrected chi connectivity index (χ2v) is 5.37. The van der Waals surface area contributed by atoms with Crippen molar-refractivity contribution in [3.8, 4) is 0 Å². The minimum Gasteiger partial charge on any atom is -0.375 e. The Balaban J connectivity index is 2.21. The third kappa shape index (κ3) is 3.25. The third-order valence-electron chi connectivity index (χ3n) is 3.20. The minimum atomic E-state index is -0.0000926. The Bertz CT molecular complexity index is 467. The number of carbonyl (C=O) groups is 1. The third-order valence-corrected chi connectivity index (χ3v) is 3.64. The Labute approximate surface area is 121 Å². The van der Waals surface area contributed by atoms with Crippen molar-refractivity contribution in [3.63, 3.8) is 0 Å². The molecule has 0 radical (unpaired) electrons. The highest BCUT2D eigenvalue weighted by atomic mass is 79.9. The van der Waals surface area contributed by atoms with Crippen molar-refractivity contribution in [1.82, 2.24) is 9.88 Å². The Morgan fingerprint density at radius 3 is 3.16 bits per heavy atom. The number of nitrogens with one attached hydrogen (secondary N) is 1. The Morgan fingerprint density at radius 2 is 2.47 bits per heavy atom. The van der Waals surface area contributed by atoms with Gasteiger partial charge in [-0.2, -0.15) is 0 Å². The van der Waals surface area contributed by atoms with Crippen LogP contribution in [0.3, 0.4) is 0 Å². The van der Waals surface area contributed by atoms with Gasteiger partial charge >= 0.3 is 0 Å². The number of hydrogen-bond acceptors (Lipinski definition) is 4. The zero-order valence-corrected chi connectivity index (χ0v) is 12.7. The molecule has 2 heterocycles. The lowest BCUT2D eigenvalue weighted by Gasteiger charge is -2.32. The highest BCUT2D eigenvalue weighted by Gasteiger charge is 2.25. The number of carbonyl (C=O) groups excluding carboxylic acids is 1. The minimum absolute atomic E-state index is 0.0000926. The highest BCUT2D eigenvalue weighted by Crippen LogP contribution is 2.21. The van der Waals surface area contributed by atoms with Crippen LogP contribution in [0.1, 0.15) is 23.7 Å². The van der Waals surface area contributed by atoms with Crippen LogP contribution in [0.2, 0.25) is 0 Å². The fraction of sp³-hybridized carbons (Fsp3) is 0.538. The summed E-state index contributed by atoms with van der Waals surface area (Å²) in [6.45, 7) is 3.94. The van der Waals surface area contributed by atoms with Crippen LogP contribution in [0.25, 0.3) is 0 Å². The van der Waals surface area contributed by atoms with Gasteiger partial charge in [0.05, 0.1) is 18.3 Å². The lowest BCUT2D eigenvalue weighted by Crippen LogP contribution is -2.45. The molecule has 0 bridgehead atoms. The Hall–Kier alpha value is -1.14. The van der Waals surface area contributed by atoms with Crippen molar-refractivity contribution < 1.29 is 9.53 Å². The van der Waals surface area contributed by atoms with Crippen molar-refractivity contribution in [3.05, 3.63) is 22.3 Å². The summed E-state index contributed by atoms with van der Waals surface area (Å²) in [6.07, 6.45) is 2.73. The molecule has 2 rings (SSSR count). The highest BCUT2D eigenvalue weighted by molar-refractivity contribution is 9.10. The van der Waals surface area contributed by atoms with E-state index in [-0.39, 0.29) is 12.0 Å². The molecule has 1 aliphatic heterocycles. The van der Waals surface area contributed by atoms with E-state index in [1.807, 2.05) is 4.90 Å². The van der Waals surface area contributed by atoms with E-state index in [4.69, 9.17) is 4.74 Å². The lowest BCUT2D eigenvalue weighted by molar-refractivity contribution is -0.0226. The molecule has 0 saturated carbocycles. The molecule has 19 heavy (non-hydrogen) atoms. The van der Waals surface area contributed by atoms with Gasteiger partial charge in [0.15, 0.2) is 0 Å². The van der Waals surface area contributed by atoms with E-state index < -0.39 is 0 Å². The molecule has 1 atom stereocenters. The van der Waals surface area contributed by atoms with Gasteiger partial charge in [-0.3, -0.25) is 4.79 Å². The van der Waals surface area contributed by atoms with Crippen LogP contribution in [0.5, 0.6) is 0 Å². The molecule has 6 heteroatoms. The predicted octanol–water partition coefficient (Wildman–Crippen LogP) is 2.14. The number of nitrogens with zero attached hydrogens (tertiary/aromatic N) is 2. The van der Waals surface area contributed by atoms with Crippen LogP contribution >= 0.6 is 15.9 Å². The van der Waals surface area contributed by atoms with Crippen molar-refractivity contribution in [1.29, 1.82) is 0 Å². The van der Waals surface area contributed by atoms with E-state index in [0.717, 1.165) is 10.9 Å². The second kappa shape index (κ2) is 6.34. The molecule has 1 saturated heterocycles. The van der Waals surface area contributed by atoms with E-state index in [9.17, 15) is 4.79 Å². The molecule has 1 aromatic heterocycles. The summed E-state index contributed by atoms with van der Waals surface area (Å²) >= 11 is 3.36. The zero-order valence-electron chi connectivity index (χ0n) is 11.1. The standard InChI is InChI=1S/C13H18BrN3O2/c1-3-10-8-17(4-5-19-10)13(18)11-6-9(14)7-16-12(11)15-2/h6-7,10H,3-5,8H2,1-2H3,(H,15,16). The molecule has 0 aliphatic carbocycles. The number of rotatable bonds is 3. The molecular formula is C13H18BrN3O2. The summed E-state index contributed by atoms with van der Waals surface area (Å²) in [5, 5.41) is 2.96. The second-order valence-electron chi connectivity index (χ2n) is 4.45. The van der Waals surface area contributed by atoms with E-state index >= 15 is 0 Å². The van der Waals surface area contributed by atoms with E-state index in [1.165, 1.54) is 0 Å². The van der Waals surface area contributed by atoms with Crippen LogP contribution < -0.4 is 5.32 Å². The fourth-order valence-electron chi connectivity index (χ4n) is 2.12. The average Bonchev–Trinajstić information content (AvgIpc) is 2.46. The first-order chi connectivity index (χ1) is 9.15. The largest absolute Gasteiger partial charge is 0.375 e. The summed E-state index contributed by atoms with van der Waals surface area (Å²) < 4.78 is 6.39. The Morgan fingerprint density at radius 1 is 1.68 bits per heavy atom. The average molecular weight is 328 g/mol. The number of amides is 1. The van der Waals surface area contributed by atoms with Gasteiger partial charge in [-0.05, 0) is 28.4 Å². The zero-order chi connectivity index (χ0) is 13.8. The van der Waals surface area contributed by atoms with Gasteiger partial charge in [0.25, 0.3) is 5.91 Å². The number of pyridine rings is 1. The van der Waals surface area contributed by atoms with E-state index in [2.05, 4.69) is 33.2 Å². The molecule has 0 spiro atoms. The summed E-state index contributed by atoms with van der Waals surface area (Å²) in [6, 6.07) is 1.80.